The second-order valence-electron chi connectivity index (χ2n) is 8.78. The summed E-state index contributed by atoms with van der Waals surface area (Å²) in [6.07, 6.45) is 1.93. The van der Waals surface area contributed by atoms with Crippen molar-refractivity contribution in [2.45, 2.75) is 59.0 Å². The van der Waals surface area contributed by atoms with E-state index in [-0.39, 0.29) is 0 Å². The number of likely N-dealkylation sites (tertiary alicyclic amines) is 1. The molecule has 0 bridgehead atoms. The number of nitrogens with zero attached hydrogens (tertiary/aromatic N) is 4. The normalized spacial score (nSPS) is 17.0. The minimum Gasteiger partial charge on any atom is -0.493 e. The molecule has 0 saturated carbocycles. The molecule has 1 aliphatic rings. The molecule has 3 aromatic rings. The predicted octanol–water partition coefficient (Wildman–Crippen LogP) is 5.07. The van der Waals surface area contributed by atoms with E-state index in [1.54, 1.807) is 0 Å². The molecule has 0 unspecified atom stereocenters. The molecule has 7 heteroatoms. The maximum atomic E-state index is 6.01. The number of benzene rings is 1. The van der Waals surface area contributed by atoms with Gasteiger partial charge in [0.15, 0.2) is 0 Å². The molecule has 0 radical (unpaired) electrons. The van der Waals surface area contributed by atoms with Gasteiger partial charge in [0.25, 0.3) is 0 Å². The van der Waals surface area contributed by atoms with Gasteiger partial charge in [0.1, 0.15) is 5.75 Å². The van der Waals surface area contributed by atoms with Crippen LogP contribution in [0.1, 0.15) is 60.6 Å². The summed E-state index contributed by atoms with van der Waals surface area (Å²) < 4.78 is 7.94. The Hall–Kier alpha value is -2.31. The van der Waals surface area contributed by atoms with Gasteiger partial charge in [-0.25, -0.2) is 0 Å². The third-order valence-corrected chi connectivity index (χ3v) is 6.36. The van der Waals surface area contributed by atoms with E-state index in [9.17, 15) is 0 Å². The molecule has 1 atom stereocenters. The van der Waals surface area contributed by atoms with Gasteiger partial charge in [-0.1, -0.05) is 17.7 Å². The lowest BCUT2D eigenvalue weighted by atomic mass is 10.0. The highest BCUT2D eigenvalue weighted by molar-refractivity contribution is 6.30. The minimum atomic E-state index is 0.393. The van der Waals surface area contributed by atoms with Crippen LogP contribution in [0.25, 0.3) is 0 Å². The summed E-state index contributed by atoms with van der Waals surface area (Å²) in [7, 11) is 0. The van der Waals surface area contributed by atoms with Gasteiger partial charge in [-0.3, -0.25) is 14.7 Å². The van der Waals surface area contributed by atoms with Crippen molar-refractivity contribution in [3.8, 4) is 5.75 Å². The summed E-state index contributed by atoms with van der Waals surface area (Å²) in [5.41, 5.74) is 6.08. The Bertz CT molecular complexity index is 1020. The van der Waals surface area contributed by atoms with Crippen LogP contribution in [-0.2, 0) is 13.0 Å². The van der Waals surface area contributed by atoms with Crippen molar-refractivity contribution >= 4 is 11.6 Å². The number of ether oxygens (including phenoxy) is 1. The number of hydrogen-bond donors (Lipinski definition) is 1. The molecule has 4 rings (SSSR count). The lowest BCUT2D eigenvalue weighted by Crippen LogP contribution is -2.20. The summed E-state index contributed by atoms with van der Waals surface area (Å²) >= 11 is 6.01. The van der Waals surface area contributed by atoms with Crippen LogP contribution in [0.3, 0.4) is 0 Å². The number of halogens is 1. The molecule has 31 heavy (non-hydrogen) atoms. The first-order valence-electron chi connectivity index (χ1n) is 11.1. The first-order chi connectivity index (χ1) is 14.9. The first-order valence-corrected chi connectivity index (χ1v) is 11.5. The number of aryl methyl sites for hydroxylation is 1. The van der Waals surface area contributed by atoms with Gasteiger partial charge in [-0.15, -0.1) is 0 Å². The van der Waals surface area contributed by atoms with E-state index in [0.29, 0.717) is 23.6 Å². The Balaban J connectivity index is 1.30. The average Bonchev–Trinajstić information content (AvgIpc) is 3.44. The van der Waals surface area contributed by atoms with Crippen LogP contribution in [-0.4, -0.2) is 44.6 Å². The van der Waals surface area contributed by atoms with Crippen molar-refractivity contribution in [2.24, 2.45) is 0 Å². The van der Waals surface area contributed by atoms with E-state index >= 15 is 0 Å². The summed E-state index contributed by atoms with van der Waals surface area (Å²) in [5, 5.41) is 13.2. The zero-order valence-electron chi connectivity index (χ0n) is 18.9. The highest BCUT2D eigenvalue weighted by Crippen LogP contribution is 2.29. The zero-order chi connectivity index (χ0) is 22.0. The van der Waals surface area contributed by atoms with Crippen molar-refractivity contribution in [2.75, 3.05) is 19.7 Å². The molecular weight excluding hydrogens is 410 g/mol. The van der Waals surface area contributed by atoms with Crippen molar-refractivity contribution in [3.05, 3.63) is 63.7 Å². The standard InChI is InChI=1S/C24H32ClN5O/c1-16(2)30-18(4)23(17(3)28-30)15-29-10-8-19(14-29)24-13-21(26-27-24)9-11-31-22-7-5-6-20(25)12-22/h5-7,12-13,16,19H,8-11,14-15H2,1-4H3,(H,26,27)/t19-/m1/s1. The van der Waals surface area contributed by atoms with E-state index in [0.717, 1.165) is 55.3 Å². The molecule has 1 aromatic carbocycles. The van der Waals surface area contributed by atoms with Gasteiger partial charge in [0.2, 0.25) is 0 Å². The summed E-state index contributed by atoms with van der Waals surface area (Å²) in [5.74, 6) is 1.27. The molecule has 0 amide bonds. The molecule has 1 saturated heterocycles. The molecule has 1 aliphatic heterocycles. The smallest absolute Gasteiger partial charge is 0.120 e. The van der Waals surface area contributed by atoms with E-state index in [1.807, 2.05) is 24.3 Å². The van der Waals surface area contributed by atoms with E-state index in [2.05, 4.69) is 53.5 Å². The van der Waals surface area contributed by atoms with Crippen LogP contribution in [0.15, 0.2) is 30.3 Å². The second kappa shape index (κ2) is 9.45. The van der Waals surface area contributed by atoms with Gasteiger partial charge < -0.3 is 4.74 Å². The maximum absolute atomic E-state index is 6.01. The van der Waals surface area contributed by atoms with E-state index in [1.165, 1.54) is 11.3 Å². The summed E-state index contributed by atoms with van der Waals surface area (Å²) in [6, 6.07) is 10.1. The second-order valence-corrected chi connectivity index (χ2v) is 9.22. The number of H-pyrrole nitrogens is 1. The third-order valence-electron chi connectivity index (χ3n) is 6.12. The fraction of sp³-hybridized carbons (Fsp3) is 0.500. The summed E-state index contributed by atoms with van der Waals surface area (Å²) in [6.45, 7) is 12.4. The fourth-order valence-electron chi connectivity index (χ4n) is 4.42. The molecule has 2 aromatic heterocycles. The quantitative estimate of drug-likeness (QED) is 0.530. The minimum absolute atomic E-state index is 0.393. The van der Waals surface area contributed by atoms with Crippen LogP contribution < -0.4 is 4.74 Å². The predicted molar refractivity (Wildman–Crippen MR) is 124 cm³/mol. The van der Waals surface area contributed by atoms with Gasteiger partial charge in [0.05, 0.1) is 18.0 Å². The molecule has 1 N–H and O–H groups in total. The molecular formula is C24H32ClN5O. The van der Waals surface area contributed by atoms with E-state index in [4.69, 9.17) is 21.4 Å². The number of nitrogens with one attached hydrogen (secondary N) is 1. The van der Waals surface area contributed by atoms with Crippen LogP contribution in [0.5, 0.6) is 5.75 Å². The van der Waals surface area contributed by atoms with Gasteiger partial charge in [-0.2, -0.15) is 10.2 Å². The van der Waals surface area contributed by atoms with Crippen molar-refractivity contribution in [1.82, 2.24) is 24.9 Å². The van der Waals surface area contributed by atoms with E-state index < -0.39 is 0 Å². The van der Waals surface area contributed by atoms with Crippen LogP contribution in [0, 0.1) is 13.8 Å². The maximum Gasteiger partial charge on any atom is 0.120 e. The SMILES string of the molecule is Cc1nn(C(C)C)c(C)c1CN1CC[C@@H](c2cc(CCOc3cccc(Cl)c3)[nH]n2)C1. The lowest BCUT2D eigenvalue weighted by molar-refractivity contribution is 0.320. The Labute approximate surface area is 189 Å². The molecule has 3 heterocycles. The average molecular weight is 442 g/mol. The van der Waals surface area contributed by atoms with Crippen LogP contribution >= 0.6 is 11.6 Å². The van der Waals surface area contributed by atoms with Crippen LogP contribution in [0.2, 0.25) is 5.02 Å². The topological polar surface area (TPSA) is 59.0 Å². The fourth-order valence-corrected chi connectivity index (χ4v) is 4.60. The highest BCUT2D eigenvalue weighted by atomic mass is 35.5. The molecule has 0 aliphatic carbocycles. The summed E-state index contributed by atoms with van der Waals surface area (Å²) in [4.78, 5) is 2.53. The highest BCUT2D eigenvalue weighted by Gasteiger charge is 2.27. The zero-order valence-corrected chi connectivity index (χ0v) is 19.6. The van der Waals surface area contributed by atoms with Crippen molar-refractivity contribution in [1.29, 1.82) is 0 Å². The Morgan fingerprint density at radius 2 is 2.10 bits per heavy atom. The number of hydrogen-bond acceptors (Lipinski definition) is 4. The van der Waals surface area contributed by atoms with Gasteiger partial charge in [0, 0.05) is 53.4 Å². The third kappa shape index (κ3) is 5.13. The van der Waals surface area contributed by atoms with Crippen molar-refractivity contribution in [3.63, 3.8) is 0 Å². The molecule has 166 valence electrons. The van der Waals surface area contributed by atoms with Crippen LogP contribution in [0.4, 0.5) is 0 Å². The largest absolute Gasteiger partial charge is 0.493 e. The molecule has 0 spiro atoms. The van der Waals surface area contributed by atoms with Gasteiger partial charge >= 0.3 is 0 Å². The van der Waals surface area contributed by atoms with Gasteiger partial charge in [-0.05, 0) is 64.9 Å². The monoisotopic (exact) mass is 441 g/mol. The first kappa shape index (κ1) is 21.9. The number of aromatic nitrogens is 4. The molecule has 1 fully saturated rings. The van der Waals surface area contributed by atoms with Crippen molar-refractivity contribution < 1.29 is 4.74 Å². The Morgan fingerprint density at radius 3 is 2.84 bits per heavy atom. The lowest BCUT2D eigenvalue weighted by Gasteiger charge is -2.16. The number of aromatic amines is 1. The Morgan fingerprint density at radius 1 is 1.26 bits per heavy atom. The number of rotatable bonds is 8. The molecule has 6 nitrogen and oxygen atoms in total. The Kier molecular flexibility index (Phi) is 6.68.